The molecule has 3 rings (SSSR count). The van der Waals surface area contributed by atoms with Crippen molar-refractivity contribution in [3.63, 3.8) is 0 Å². The minimum absolute atomic E-state index is 0.152. The Hall–Kier alpha value is -1.67. The zero-order valence-electron chi connectivity index (χ0n) is 15.0. The number of hydrogen-bond acceptors (Lipinski definition) is 5. The van der Waals surface area contributed by atoms with Crippen molar-refractivity contribution in [3.8, 4) is 0 Å². The first-order valence-corrected chi connectivity index (χ1v) is 9.89. The summed E-state index contributed by atoms with van der Waals surface area (Å²) in [5, 5.41) is 3.37. The second-order valence-corrected chi connectivity index (χ2v) is 7.28. The van der Waals surface area contributed by atoms with Gasteiger partial charge in [-0.15, -0.1) is 11.3 Å². The van der Waals surface area contributed by atoms with Gasteiger partial charge in [0.2, 0.25) is 0 Å². The summed E-state index contributed by atoms with van der Waals surface area (Å²) in [4.78, 5) is 26.9. The molecule has 3 heterocycles. The fraction of sp³-hybridized carbons (Fsp3) is 0.706. The lowest BCUT2D eigenvalue weighted by atomic mass is 10.2. The first-order chi connectivity index (χ1) is 12.2. The van der Waals surface area contributed by atoms with Crippen molar-refractivity contribution in [2.24, 2.45) is 4.99 Å². The Morgan fingerprint density at radius 2 is 2.16 bits per heavy atom. The molecule has 7 nitrogen and oxygen atoms in total. The van der Waals surface area contributed by atoms with Gasteiger partial charge in [-0.2, -0.15) is 0 Å². The van der Waals surface area contributed by atoms with E-state index in [9.17, 15) is 4.79 Å². The van der Waals surface area contributed by atoms with Crippen molar-refractivity contribution in [3.05, 3.63) is 16.1 Å². The Morgan fingerprint density at radius 1 is 1.40 bits per heavy atom. The topological polar surface area (TPSA) is 70.1 Å². The first-order valence-electron chi connectivity index (χ1n) is 9.01. The Labute approximate surface area is 153 Å². The van der Waals surface area contributed by atoms with Crippen LogP contribution in [0.2, 0.25) is 0 Å². The van der Waals surface area contributed by atoms with E-state index in [1.165, 1.54) is 4.88 Å². The number of rotatable bonds is 4. The molecule has 1 amide bonds. The second kappa shape index (κ2) is 8.62. The number of nitrogens with one attached hydrogen (secondary N) is 1. The summed E-state index contributed by atoms with van der Waals surface area (Å²) in [7, 11) is 0. The monoisotopic (exact) mass is 365 g/mol. The van der Waals surface area contributed by atoms with Crippen molar-refractivity contribution in [2.45, 2.75) is 39.3 Å². The van der Waals surface area contributed by atoms with E-state index in [0.717, 1.165) is 57.2 Å². The second-order valence-electron chi connectivity index (χ2n) is 6.35. The molecule has 0 saturated carbocycles. The number of aliphatic imine (C=N–C) groups is 1. The molecule has 0 aromatic carbocycles. The van der Waals surface area contributed by atoms with E-state index in [4.69, 9.17) is 9.73 Å². The Morgan fingerprint density at radius 3 is 2.76 bits per heavy atom. The van der Waals surface area contributed by atoms with Crippen LogP contribution in [0.3, 0.4) is 0 Å². The van der Waals surface area contributed by atoms with Crippen LogP contribution in [0.5, 0.6) is 0 Å². The number of hydrogen-bond donors (Lipinski definition) is 1. The zero-order chi connectivity index (χ0) is 17.6. The number of aryl methyl sites for hydroxylation is 1. The van der Waals surface area contributed by atoms with Crippen LogP contribution in [-0.4, -0.2) is 72.1 Å². The van der Waals surface area contributed by atoms with Gasteiger partial charge in [-0.25, -0.2) is 9.98 Å². The van der Waals surface area contributed by atoms with E-state index in [-0.39, 0.29) is 12.0 Å². The number of thiazole rings is 1. The molecule has 1 N–H and O–H groups in total. The molecule has 0 radical (unpaired) electrons. The number of aromatic nitrogens is 1. The standard InChI is InChI=1S/C17H27N5O2S/c1-3-18-17(19-11-15-13(2)20-12-25-15)22-8-6-21(7-9-22)16(23)14-5-4-10-24-14/h12,14H,3-11H2,1-2H3,(H,18,19). The molecule has 1 aromatic heterocycles. The number of guanidine groups is 1. The number of carbonyl (C=O) groups excluding carboxylic acids is 1. The summed E-state index contributed by atoms with van der Waals surface area (Å²) in [6.45, 7) is 9.33. The van der Waals surface area contributed by atoms with E-state index in [1.807, 2.05) is 17.3 Å². The molecule has 25 heavy (non-hydrogen) atoms. The van der Waals surface area contributed by atoms with Crippen molar-refractivity contribution in [2.75, 3.05) is 39.3 Å². The maximum atomic E-state index is 12.5. The molecule has 2 aliphatic rings. The summed E-state index contributed by atoms with van der Waals surface area (Å²) in [5.74, 6) is 1.07. The highest BCUT2D eigenvalue weighted by Gasteiger charge is 2.30. The van der Waals surface area contributed by atoms with Crippen LogP contribution in [0, 0.1) is 6.92 Å². The van der Waals surface area contributed by atoms with Crippen LogP contribution in [0.15, 0.2) is 10.5 Å². The van der Waals surface area contributed by atoms with E-state index in [2.05, 4.69) is 22.1 Å². The fourth-order valence-electron chi connectivity index (χ4n) is 3.17. The lowest BCUT2D eigenvalue weighted by Gasteiger charge is -2.37. The number of ether oxygens (including phenoxy) is 1. The van der Waals surface area contributed by atoms with Crippen LogP contribution < -0.4 is 5.32 Å². The molecule has 1 aromatic rings. The van der Waals surface area contributed by atoms with E-state index >= 15 is 0 Å². The molecule has 0 aliphatic carbocycles. The van der Waals surface area contributed by atoms with Gasteiger partial charge in [-0.05, 0) is 26.7 Å². The third-order valence-corrected chi connectivity index (χ3v) is 5.57. The number of amides is 1. The lowest BCUT2D eigenvalue weighted by molar-refractivity contribution is -0.142. The number of carbonyl (C=O) groups is 1. The molecule has 0 bridgehead atoms. The quantitative estimate of drug-likeness (QED) is 0.642. The summed E-state index contributed by atoms with van der Waals surface area (Å²) in [5.41, 5.74) is 2.92. The van der Waals surface area contributed by atoms with Gasteiger partial charge in [0.25, 0.3) is 5.91 Å². The fourth-order valence-corrected chi connectivity index (χ4v) is 3.87. The van der Waals surface area contributed by atoms with Crippen molar-refractivity contribution in [1.82, 2.24) is 20.1 Å². The molecule has 8 heteroatoms. The summed E-state index contributed by atoms with van der Waals surface area (Å²) >= 11 is 1.64. The smallest absolute Gasteiger partial charge is 0.251 e. The van der Waals surface area contributed by atoms with Crippen LogP contribution in [0.1, 0.15) is 30.3 Å². The van der Waals surface area contributed by atoms with E-state index in [0.29, 0.717) is 13.2 Å². The van der Waals surface area contributed by atoms with E-state index < -0.39 is 0 Å². The molecular weight excluding hydrogens is 338 g/mol. The van der Waals surface area contributed by atoms with Gasteiger partial charge in [-0.1, -0.05) is 0 Å². The van der Waals surface area contributed by atoms with Gasteiger partial charge >= 0.3 is 0 Å². The van der Waals surface area contributed by atoms with Gasteiger partial charge in [0.05, 0.1) is 17.7 Å². The molecule has 1 unspecified atom stereocenters. The molecule has 2 saturated heterocycles. The van der Waals surface area contributed by atoms with Crippen LogP contribution >= 0.6 is 11.3 Å². The summed E-state index contributed by atoms with van der Waals surface area (Å²) in [6.07, 6.45) is 1.63. The Kier molecular flexibility index (Phi) is 6.25. The lowest BCUT2D eigenvalue weighted by Crippen LogP contribution is -2.55. The predicted octanol–water partition coefficient (Wildman–Crippen LogP) is 1.24. The molecule has 138 valence electrons. The summed E-state index contributed by atoms with van der Waals surface area (Å²) < 4.78 is 5.53. The minimum atomic E-state index is -0.220. The normalized spacial score (nSPS) is 21.7. The zero-order valence-corrected chi connectivity index (χ0v) is 15.8. The average molecular weight is 366 g/mol. The molecular formula is C17H27N5O2S. The maximum absolute atomic E-state index is 12.5. The van der Waals surface area contributed by atoms with Gasteiger partial charge in [0.15, 0.2) is 5.96 Å². The predicted molar refractivity (Wildman–Crippen MR) is 98.8 cm³/mol. The third kappa shape index (κ3) is 4.49. The molecule has 1 atom stereocenters. The Balaban J connectivity index is 1.56. The van der Waals surface area contributed by atoms with Crippen LogP contribution in [0.25, 0.3) is 0 Å². The highest BCUT2D eigenvalue weighted by Crippen LogP contribution is 2.17. The van der Waals surface area contributed by atoms with Gasteiger partial charge in [0.1, 0.15) is 6.10 Å². The highest BCUT2D eigenvalue weighted by atomic mass is 32.1. The highest BCUT2D eigenvalue weighted by molar-refractivity contribution is 7.09. The maximum Gasteiger partial charge on any atom is 0.251 e. The SMILES string of the molecule is CCNC(=NCc1scnc1C)N1CCN(C(=O)C2CCCO2)CC1. The molecule has 0 spiro atoms. The minimum Gasteiger partial charge on any atom is -0.368 e. The Bertz CT molecular complexity index is 604. The number of piperazine rings is 1. The van der Waals surface area contributed by atoms with Gasteiger partial charge in [0, 0.05) is 44.2 Å². The van der Waals surface area contributed by atoms with Crippen molar-refractivity contribution in [1.29, 1.82) is 0 Å². The molecule has 2 fully saturated rings. The van der Waals surface area contributed by atoms with Gasteiger partial charge in [-0.3, -0.25) is 4.79 Å². The largest absolute Gasteiger partial charge is 0.368 e. The van der Waals surface area contributed by atoms with Crippen LogP contribution in [0.4, 0.5) is 0 Å². The van der Waals surface area contributed by atoms with E-state index in [1.54, 1.807) is 11.3 Å². The molecule has 2 aliphatic heterocycles. The van der Waals surface area contributed by atoms with Crippen LogP contribution in [-0.2, 0) is 16.1 Å². The summed E-state index contributed by atoms with van der Waals surface area (Å²) in [6, 6.07) is 0. The average Bonchev–Trinajstić information content (AvgIpc) is 3.30. The third-order valence-electron chi connectivity index (χ3n) is 4.65. The number of nitrogens with zero attached hydrogens (tertiary/aromatic N) is 4. The van der Waals surface area contributed by atoms with Crippen molar-refractivity contribution >= 4 is 23.2 Å². The van der Waals surface area contributed by atoms with Crippen molar-refractivity contribution < 1.29 is 9.53 Å². The van der Waals surface area contributed by atoms with Gasteiger partial charge < -0.3 is 19.9 Å². The first kappa shape index (κ1) is 18.1.